The predicted molar refractivity (Wildman–Crippen MR) is 81.0 cm³/mol. The van der Waals surface area contributed by atoms with Crippen LogP contribution >= 0.6 is 0 Å². The highest BCUT2D eigenvalue weighted by Crippen LogP contribution is 2.33. The minimum atomic E-state index is -3.70. The molecule has 2 rings (SSSR count). The van der Waals surface area contributed by atoms with E-state index in [2.05, 4.69) is 11.9 Å². The molecule has 6 heteroatoms. The minimum absolute atomic E-state index is 0.0171. The van der Waals surface area contributed by atoms with Crippen LogP contribution in [0.25, 0.3) is 0 Å². The first-order valence-corrected chi connectivity index (χ1v) is 8.42. The van der Waals surface area contributed by atoms with Gasteiger partial charge in [0.25, 0.3) is 0 Å². The van der Waals surface area contributed by atoms with Crippen molar-refractivity contribution >= 4 is 10.0 Å². The van der Waals surface area contributed by atoms with Gasteiger partial charge < -0.3 is 5.32 Å². The van der Waals surface area contributed by atoms with Crippen LogP contribution in [-0.2, 0) is 16.6 Å². The molecule has 1 fully saturated rings. The molecular weight excluding hydrogens is 291 g/mol. The summed E-state index contributed by atoms with van der Waals surface area (Å²) < 4.78 is 41.1. The molecule has 116 valence electrons. The summed E-state index contributed by atoms with van der Waals surface area (Å²) in [6.07, 6.45) is 3.27. The highest BCUT2D eigenvalue weighted by Gasteiger charge is 2.38. The lowest BCUT2D eigenvalue weighted by molar-refractivity contribution is 0.434. The molecule has 21 heavy (non-hydrogen) atoms. The van der Waals surface area contributed by atoms with E-state index < -0.39 is 15.8 Å². The molecule has 4 nitrogen and oxygen atoms in total. The number of halogens is 1. The smallest absolute Gasteiger partial charge is 0.243 e. The fourth-order valence-electron chi connectivity index (χ4n) is 2.34. The number of sulfonamides is 1. The predicted octanol–water partition coefficient (Wildman–Crippen LogP) is 2.19. The van der Waals surface area contributed by atoms with Gasteiger partial charge in [-0.2, -0.15) is 4.31 Å². The van der Waals surface area contributed by atoms with Crippen LogP contribution in [0.5, 0.6) is 0 Å². The van der Waals surface area contributed by atoms with Gasteiger partial charge in [-0.1, -0.05) is 6.08 Å². The van der Waals surface area contributed by atoms with Crippen LogP contribution in [0.3, 0.4) is 0 Å². The van der Waals surface area contributed by atoms with Crippen LogP contribution in [0, 0.1) is 12.7 Å². The van der Waals surface area contributed by atoms with Gasteiger partial charge in [-0.25, -0.2) is 12.8 Å². The fraction of sp³-hybridized carbons (Fsp3) is 0.467. The van der Waals surface area contributed by atoms with E-state index >= 15 is 0 Å². The maximum Gasteiger partial charge on any atom is 0.243 e. The van der Waals surface area contributed by atoms with Crippen molar-refractivity contribution in [1.82, 2.24) is 9.62 Å². The van der Waals surface area contributed by atoms with E-state index in [-0.39, 0.29) is 23.0 Å². The maximum absolute atomic E-state index is 14.0. The largest absolute Gasteiger partial charge is 0.316 e. The molecule has 1 aliphatic rings. The standard InChI is InChI=1S/C15H21FN2O2S/c1-4-7-18(13-5-6-13)21(19,20)15-9-12(10-17-3)8-14(16)11(15)2/h4,8-9,13,17H,1,5-7,10H2,2-3H3. The lowest BCUT2D eigenvalue weighted by Gasteiger charge is -2.22. The molecule has 1 aliphatic carbocycles. The number of rotatable bonds is 7. The third-order valence-corrected chi connectivity index (χ3v) is 5.63. The number of hydrogen-bond donors (Lipinski definition) is 1. The highest BCUT2D eigenvalue weighted by atomic mass is 32.2. The zero-order valence-electron chi connectivity index (χ0n) is 12.4. The average Bonchev–Trinajstić information content (AvgIpc) is 3.24. The first-order chi connectivity index (χ1) is 9.91. The summed E-state index contributed by atoms with van der Waals surface area (Å²) in [6.45, 7) is 5.79. The van der Waals surface area contributed by atoms with Crippen molar-refractivity contribution < 1.29 is 12.8 Å². The van der Waals surface area contributed by atoms with Gasteiger partial charge in [-0.15, -0.1) is 6.58 Å². The molecule has 0 heterocycles. The van der Waals surface area contributed by atoms with E-state index in [1.165, 1.54) is 17.3 Å². The molecule has 1 N–H and O–H groups in total. The molecule has 0 saturated heterocycles. The number of benzene rings is 1. The summed E-state index contributed by atoms with van der Waals surface area (Å²) in [5.74, 6) is -0.490. The van der Waals surface area contributed by atoms with Crippen LogP contribution in [0.2, 0.25) is 0 Å². The van der Waals surface area contributed by atoms with Gasteiger partial charge in [-0.3, -0.25) is 0 Å². The SMILES string of the molecule is C=CCN(C1CC1)S(=O)(=O)c1cc(CNC)cc(F)c1C. The second-order valence-electron chi connectivity index (χ2n) is 5.33. The van der Waals surface area contributed by atoms with Crippen molar-refractivity contribution in [2.24, 2.45) is 0 Å². The summed E-state index contributed by atoms with van der Waals surface area (Å²) >= 11 is 0. The van der Waals surface area contributed by atoms with Gasteiger partial charge in [0.15, 0.2) is 0 Å². The maximum atomic E-state index is 14.0. The normalized spacial score (nSPS) is 15.4. The van der Waals surface area contributed by atoms with Crippen molar-refractivity contribution in [2.75, 3.05) is 13.6 Å². The third-order valence-electron chi connectivity index (χ3n) is 3.59. The van der Waals surface area contributed by atoms with E-state index in [1.54, 1.807) is 19.2 Å². The molecule has 1 saturated carbocycles. The quantitative estimate of drug-likeness (QED) is 0.785. The van der Waals surface area contributed by atoms with Crippen LogP contribution in [0.4, 0.5) is 4.39 Å². The lowest BCUT2D eigenvalue weighted by atomic mass is 10.1. The van der Waals surface area contributed by atoms with E-state index in [0.717, 1.165) is 12.8 Å². The Hall–Kier alpha value is -1.24. The highest BCUT2D eigenvalue weighted by molar-refractivity contribution is 7.89. The van der Waals surface area contributed by atoms with E-state index in [1.807, 2.05) is 0 Å². The Morgan fingerprint density at radius 3 is 2.67 bits per heavy atom. The summed E-state index contributed by atoms with van der Waals surface area (Å²) in [7, 11) is -1.96. The number of hydrogen-bond acceptors (Lipinski definition) is 3. The molecule has 1 aromatic rings. The molecule has 0 radical (unpaired) electrons. The molecule has 0 atom stereocenters. The zero-order valence-corrected chi connectivity index (χ0v) is 13.2. The molecule has 0 spiro atoms. The topological polar surface area (TPSA) is 49.4 Å². The average molecular weight is 312 g/mol. The molecule has 1 aromatic carbocycles. The Morgan fingerprint density at radius 2 is 2.14 bits per heavy atom. The van der Waals surface area contributed by atoms with Crippen molar-refractivity contribution in [3.05, 3.63) is 41.7 Å². The summed E-state index contributed by atoms with van der Waals surface area (Å²) in [4.78, 5) is 0.0569. The van der Waals surface area contributed by atoms with Crippen molar-refractivity contribution in [3.63, 3.8) is 0 Å². The Kier molecular flexibility index (Phi) is 4.81. The summed E-state index contributed by atoms with van der Waals surface area (Å²) in [6, 6.07) is 2.95. The van der Waals surface area contributed by atoms with Crippen molar-refractivity contribution in [2.45, 2.75) is 37.2 Å². The first kappa shape index (κ1) is 16.1. The van der Waals surface area contributed by atoms with E-state index in [9.17, 15) is 12.8 Å². The van der Waals surface area contributed by atoms with Crippen LogP contribution in [0.1, 0.15) is 24.0 Å². The van der Waals surface area contributed by atoms with Gasteiger partial charge >= 0.3 is 0 Å². The minimum Gasteiger partial charge on any atom is -0.316 e. The first-order valence-electron chi connectivity index (χ1n) is 6.98. The van der Waals surface area contributed by atoms with Gasteiger partial charge in [0, 0.05) is 24.7 Å². The Labute approximate surface area is 125 Å². The van der Waals surface area contributed by atoms with Crippen LogP contribution < -0.4 is 5.32 Å². The zero-order chi connectivity index (χ0) is 15.6. The number of nitrogens with zero attached hydrogens (tertiary/aromatic N) is 1. The summed E-state index contributed by atoms with van der Waals surface area (Å²) in [5, 5.41) is 2.91. The lowest BCUT2D eigenvalue weighted by Crippen LogP contribution is -2.34. The Balaban J connectivity index is 2.49. The third kappa shape index (κ3) is 3.33. The molecule has 0 unspecified atom stereocenters. The Morgan fingerprint density at radius 1 is 1.48 bits per heavy atom. The van der Waals surface area contributed by atoms with Crippen molar-refractivity contribution in [1.29, 1.82) is 0 Å². The monoisotopic (exact) mass is 312 g/mol. The van der Waals surface area contributed by atoms with Gasteiger partial charge in [0.05, 0.1) is 4.90 Å². The van der Waals surface area contributed by atoms with Gasteiger partial charge in [0.2, 0.25) is 10.0 Å². The van der Waals surface area contributed by atoms with E-state index in [0.29, 0.717) is 12.1 Å². The van der Waals surface area contributed by atoms with E-state index in [4.69, 9.17) is 0 Å². The van der Waals surface area contributed by atoms with Crippen LogP contribution in [-0.4, -0.2) is 32.4 Å². The molecule has 0 aromatic heterocycles. The summed E-state index contributed by atoms with van der Waals surface area (Å²) in [5.41, 5.74) is 0.790. The number of nitrogens with one attached hydrogen (secondary N) is 1. The molecule has 0 aliphatic heterocycles. The Bertz CT molecular complexity index is 639. The molecule has 0 amide bonds. The van der Waals surface area contributed by atoms with Gasteiger partial charge in [0.1, 0.15) is 5.82 Å². The van der Waals surface area contributed by atoms with Crippen LogP contribution in [0.15, 0.2) is 29.7 Å². The molecule has 0 bridgehead atoms. The van der Waals surface area contributed by atoms with Crippen molar-refractivity contribution in [3.8, 4) is 0 Å². The fourth-order valence-corrected chi connectivity index (χ4v) is 4.28. The second-order valence-corrected chi connectivity index (χ2v) is 7.18. The van der Waals surface area contributed by atoms with Gasteiger partial charge in [-0.05, 0) is 44.5 Å². The molecular formula is C15H21FN2O2S. The second kappa shape index (κ2) is 6.25.